The van der Waals surface area contributed by atoms with E-state index < -0.39 is 41.8 Å². The monoisotopic (exact) mass is 496 g/mol. The van der Waals surface area contributed by atoms with Gasteiger partial charge in [-0.05, 0) is 32.1 Å². The molecule has 192 valence electrons. The largest absolute Gasteiger partial charge is 0.481 e. The van der Waals surface area contributed by atoms with Crippen LogP contribution in [-0.4, -0.2) is 62.9 Å². The second kappa shape index (κ2) is 21.2. The number of rotatable bonds is 20. The minimum Gasteiger partial charge on any atom is -0.481 e. The number of carboxylic acid groups (broad SMARTS) is 2. The summed E-state index contributed by atoms with van der Waals surface area (Å²) in [5.74, 6) is -2.49. The van der Waals surface area contributed by atoms with Gasteiger partial charge >= 0.3 is 11.9 Å². The molecule has 0 fully saturated rings. The van der Waals surface area contributed by atoms with Gasteiger partial charge in [-0.25, -0.2) is 0 Å². The Morgan fingerprint density at radius 3 is 2.38 bits per heavy atom. The van der Waals surface area contributed by atoms with Gasteiger partial charge in [0.2, 0.25) is 5.91 Å². The van der Waals surface area contributed by atoms with E-state index >= 15 is 0 Å². The number of carbonyl (C=O) groups is 3. The Labute approximate surface area is 207 Å². The van der Waals surface area contributed by atoms with Crippen molar-refractivity contribution >= 4 is 29.6 Å². The van der Waals surface area contributed by atoms with Gasteiger partial charge in [0.05, 0.1) is 12.1 Å². The van der Waals surface area contributed by atoms with Gasteiger partial charge in [-0.1, -0.05) is 68.4 Å². The summed E-state index contributed by atoms with van der Waals surface area (Å²) < 4.78 is 0. The Kier molecular flexibility index (Phi) is 19.7. The predicted molar refractivity (Wildman–Crippen MR) is 138 cm³/mol. The number of allylic oxidation sites excluding steroid dienone is 7. The third-order valence-corrected chi connectivity index (χ3v) is 6.08. The van der Waals surface area contributed by atoms with Crippen molar-refractivity contribution in [2.75, 3.05) is 12.3 Å². The third-order valence-electron chi connectivity index (χ3n) is 4.67. The van der Waals surface area contributed by atoms with E-state index in [1.165, 1.54) is 31.0 Å². The van der Waals surface area contributed by atoms with Crippen LogP contribution in [-0.2, 0) is 14.4 Å². The van der Waals surface area contributed by atoms with E-state index in [-0.39, 0.29) is 12.2 Å². The average molecular weight is 497 g/mol. The molecule has 6 N–H and O–H groups in total. The van der Waals surface area contributed by atoms with Crippen LogP contribution in [0.5, 0.6) is 0 Å². The van der Waals surface area contributed by atoms with Crippen LogP contribution in [0.4, 0.5) is 0 Å². The lowest BCUT2D eigenvalue weighted by atomic mass is 10.1. The molecule has 0 aromatic carbocycles. The number of hydrogen-bond donors (Lipinski definition) is 5. The number of hydrogen-bond acceptors (Lipinski definition) is 6. The Balaban J connectivity index is 4.70. The molecule has 0 heterocycles. The zero-order chi connectivity index (χ0) is 25.6. The molecule has 0 aromatic rings. The fourth-order valence-electron chi connectivity index (χ4n) is 2.77. The second-order valence-corrected chi connectivity index (χ2v) is 8.98. The van der Waals surface area contributed by atoms with E-state index in [1.54, 1.807) is 12.2 Å². The molecule has 8 nitrogen and oxygen atoms in total. The third kappa shape index (κ3) is 19.1. The summed E-state index contributed by atoms with van der Waals surface area (Å²) in [5.41, 5.74) is 5.82. The fourth-order valence-corrected chi connectivity index (χ4v) is 3.91. The minimum atomic E-state index is -1.16. The molecule has 1 amide bonds. The van der Waals surface area contributed by atoms with Crippen molar-refractivity contribution < 1.29 is 29.7 Å². The summed E-state index contributed by atoms with van der Waals surface area (Å²) in [6.45, 7) is 1.68. The summed E-state index contributed by atoms with van der Waals surface area (Å²) >= 11 is 1.26. The van der Waals surface area contributed by atoms with Gasteiger partial charge in [0.15, 0.2) is 0 Å². The molecule has 0 aliphatic heterocycles. The number of amides is 1. The van der Waals surface area contributed by atoms with Crippen molar-refractivity contribution in [1.82, 2.24) is 5.32 Å². The molecule has 3 atom stereocenters. The lowest BCUT2D eigenvalue weighted by molar-refractivity contribution is -0.138. The van der Waals surface area contributed by atoms with Crippen LogP contribution < -0.4 is 11.1 Å². The zero-order valence-corrected chi connectivity index (χ0v) is 20.8. The SMILES string of the molecule is CCCCC/C=C\C\C=C/C=C/C=C/C(SCC(N)C(=O)NCC(=O)O)C(O)CCCC(=O)O. The van der Waals surface area contributed by atoms with Crippen LogP contribution in [0, 0.1) is 0 Å². The maximum Gasteiger partial charge on any atom is 0.322 e. The molecule has 0 aliphatic rings. The lowest BCUT2D eigenvalue weighted by Gasteiger charge is -2.21. The molecule has 0 aromatic heterocycles. The van der Waals surface area contributed by atoms with Crippen molar-refractivity contribution in [3.63, 3.8) is 0 Å². The van der Waals surface area contributed by atoms with E-state index in [0.717, 1.165) is 12.8 Å². The average Bonchev–Trinajstić information content (AvgIpc) is 2.79. The van der Waals surface area contributed by atoms with Gasteiger partial charge in [0.25, 0.3) is 0 Å². The van der Waals surface area contributed by atoms with E-state index in [0.29, 0.717) is 12.8 Å². The first-order valence-corrected chi connectivity index (χ1v) is 12.7. The minimum absolute atomic E-state index is 0.0347. The first kappa shape index (κ1) is 31.6. The number of aliphatic hydroxyl groups is 1. The summed E-state index contributed by atoms with van der Waals surface area (Å²) in [6, 6.07) is -0.931. The molecular formula is C25H40N2O6S. The van der Waals surface area contributed by atoms with Crippen LogP contribution in [0.3, 0.4) is 0 Å². The molecule has 34 heavy (non-hydrogen) atoms. The maximum atomic E-state index is 11.9. The van der Waals surface area contributed by atoms with Crippen LogP contribution >= 0.6 is 11.8 Å². The van der Waals surface area contributed by atoms with Crippen LogP contribution in [0.2, 0.25) is 0 Å². The van der Waals surface area contributed by atoms with Gasteiger partial charge in [0.1, 0.15) is 6.54 Å². The number of carboxylic acids is 2. The Morgan fingerprint density at radius 2 is 1.71 bits per heavy atom. The number of nitrogens with two attached hydrogens (primary N) is 1. The van der Waals surface area contributed by atoms with E-state index in [4.69, 9.17) is 15.9 Å². The topological polar surface area (TPSA) is 150 Å². The van der Waals surface area contributed by atoms with Gasteiger partial charge < -0.3 is 26.4 Å². The quantitative estimate of drug-likeness (QED) is 0.0977. The smallest absolute Gasteiger partial charge is 0.322 e. The van der Waals surface area contributed by atoms with E-state index in [1.807, 2.05) is 24.3 Å². The van der Waals surface area contributed by atoms with Gasteiger partial charge in [-0.15, -0.1) is 11.8 Å². The molecule has 0 saturated heterocycles. The number of unbranched alkanes of at least 4 members (excludes halogenated alkanes) is 3. The number of nitrogens with one attached hydrogen (secondary N) is 1. The molecule has 0 aliphatic carbocycles. The molecule has 0 rings (SSSR count). The van der Waals surface area contributed by atoms with Crippen molar-refractivity contribution in [2.24, 2.45) is 5.73 Å². The number of carbonyl (C=O) groups excluding carboxylic acids is 1. The van der Waals surface area contributed by atoms with Gasteiger partial charge in [-0.3, -0.25) is 14.4 Å². The van der Waals surface area contributed by atoms with Crippen molar-refractivity contribution in [2.45, 2.75) is 75.7 Å². The maximum absolute atomic E-state index is 11.9. The molecule has 0 radical (unpaired) electrons. The lowest BCUT2D eigenvalue weighted by Crippen LogP contribution is -2.44. The van der Waals surface area contributed by atoms with Crippen molar-refractivity contribution in [3.05, 3.63) is 48.6 Å². The molecular weight excluding hydrogens is 456 g/mol. The summed E-state index contributed by atoms with van der Waals surface area (Å²) in [7, 11) is 0. The second-order valence-electron chi connectivity index (χ2n) is 7.77. The highest BCUT2D eigenvalue weighted by molar-refractivity contribution is 8.00. The van der Waals surface area contributed by atoms with Gasteiger partial charge in [-0.2, -0.15) is 0 Å². The Morgan fingerprint density at radius 1 is 0.971 bits per heavy atom. The summed E-state index contributed by atoms with van der Waals surface area (Å²) in [6.07, 6.45) is 21.1. The van der Waals surface area contributed by atoms with E-state index in [9.17, 15) is 19.5 Å². The molecule has 0 saturated carbocycles. The number of aliphatic carboxylic acids is 2. The fraction of sp³-hybridized carbons (Fsp3) is 0.560. The number of thioether (sulfide) groups is 1. The highest BCUT2D eigenvalue weighted by atomic mass is 32.2. The normalized spacial score (nSPS) is 14.8. The van der Waals surface area contributed by atoms with E-state index in [2.05, 4.69) is 24.4 Å². The number of aliphatic hydroxyl groups excluding tert-OH is 1. The summed E-state index contributed by atoms with van der Waals surface area (Å²) in [4.78, 5) is 33.2. The van der Waals surface area contributed by atoms with Crippen molar-refractivity contribution in [3.8, 4) is 0 Å². The molecule has 3 unspecified atom stereocenters. The van der Waals surface area contributed by atoms with Gasteiger partial charge in [0, 0.05) is 17.4 Å². The highest BCUT2D eigenvalue weighted by Crippen LogP contribution is 2.21. The van der Waals surface area contributed by atoms with Crippen LogP contribution in [0.25, 0.3) is 0 Å². The zero-order valence-electron chi connectivity index (χ0n) is 20.0. The molecule has 0 bridgehead atoms. The highest BCUT2D eigenvalue weighted by Gasteiger charge is 2.21. The standard InChI is InChI=1S/C25H40N2O6S/c1-2-3-4-5-6-7-8-9-10-11-12-13-16-22(21(28)15-14-17-23(29)30)34-19-20(26)25(33)27-18-24(31)32/h6-7,9-13,16,20-22,28H,2-5,8,14-15,17-19,26H2,1H3,(H,27,33)(H,29,30)(H,31,32)/b7-6-,10-9-,12-11+,16-13+. The van der Waals surface area contributed by atoms with Crippen LogP contribution in [0.1, 0.15) is 58.3 Å². The Bertz CT molecular complexity index is 706. The molecule has 0 spiro atoms. The predicted octanol–water partition coefficient (Wildman–Crippen LogP) is 3.43. The van der Waals surface area contributed by atoms with Crippen molar-refractivity contribution in [1.29, 1.82) is 0 Å². The van der Waals surface area contributed by atoms with Crippen LogP contribution in [0.15, 0.2) is 48.6 Å². The first-order chi connectivity index (χ1) is 16.3. The summed E-state index contributed by atoms with van der Waals surface area (Å²) in [5, 5.41) is 29.8. The Hall–Kier alpha value is -2.36. The molecule has 9 heteroatoms. The first-order valence-electron chi connectivity index (χ1n) is 11.7.